The molecule has 2 aliphatic carbocycles. The van der Waals surface area contributed by atoms with E-state index in [0.717, 1.165) is 17.9 Å². The predicted octanol–water partition coefficient (Wildman–Crippen LogP) is 4.28. The third-order valence-electron chi connectivity index (χ3n) is 4.41. The van der Waals surface area contributed by atoms with Crippen molar-refractivity contribution in [2.75, 3.05) is 0 Å². The van der Waals surface area contributed by atoms with Gasteiger partial charge in [-0.05, 0) is 43.9 Å². The first-order valence-corrected chi connectivity index (χ1v) is 7.35. The van der Waals surface area contributed by atoms with Gasteiger partial charge in [0.15, 0.2) is 0 Å². The normalized spacial score (nSPS) is 32.1. The molecule has 0 aromatic rings. The van der Waals surface area contributed by atoms with Crippen LogP contribution in [0.3, 0.4) is 0 Å². The zero-order valence-corrected chi connectivity index (χ0v) is 12.3. The van der Waals surface area contributed by atoms with Crippen LogP contribution in [-0.2, 0) is 9.53 Å². The molecule has 2 atom stereocenters. The second-order valence-corrected chi connectivity index (χ2v) is 6.87. The first-order chi connectivity index (χ1) is 8.43. The van der Waals surface area contributed by atoms with Crippen LogP contribution in [0.25, 0.3) is 0 Å². The van der Waals surface area contributed by atoms with E-state index in [2.05, 4.69) is 13.8 Å². The van der Waals surface area contributed by atoms with Crippen LogP contribution in [0.1, 0.15) is 52.9 Å². The quantitative estimate of drug-likeness (QED) is 0.716. The minimum absolute atomic E-state index is 0.00189. The molecular weight excluding hydrogens is 248 g/mol. The highest BCUT2D eigenvalue weighted by atomic mass is 35.5. The fraction of sp³-hybridized carbons (Fsp3) is 0.800. The van der Waals surface area contributed by atoms with Crippen molar-refractivity contribution in [1.82, 2.24) is 0 Å². The zero-order chi connectivity index (χ0) is 13.3. The second kappa shape index (κ2) is 5.24. The van der Waals surface area contributed by atoms with Gasteiger partial charge in [0.05, 0.1) is 5.92 Å². The van der Waals surface area contributed by atoms with Gasteiger partial charge in [-0.15, -0.1) is 0 Å². The topological polar surface area (TPSA) is 26.3 Å². The van der Waals surface area contributed by atoms with E-state index in [-0.39, 0.29) is 29.3 Å². The third kappa shape index (κ3) is 2.90. The van der Waals surface area contributed by atoms with E-state index in [1.54, 1.807) is 0 Å². The molecule has 0 amide bonds. The summed E-state index contributed by atoms with van der Waals surface area (Å²) >= 11 is 5.91. The van der Waals surface area contributed by atoms with Gasteiger partial charge in [-0.25, -0.2) is 0 Å². The van der Waals surface area contributed by atoms with Crippen LogP contribution in [0.5, 0.6) is 0 Å². The van der Waals surface area contributed by atoms with Gasteiger partial charge < -0.3 is 4.74 Å². The second-order valence-electron chi connectivity index (χ2n) is 6.28. The lowest BCUT2D eigenvalue weighted by atomic mass is 9.98. The molecular formula is C15H23ClO2. The number of esters is 1. The van der Waals surface area contributed by atoms with Crippen molar-refractivity contribution in [1.29, 1.82) is 0 Å². The summed E-state index contributed by atoms with van der Waals surface area (Å²) in [6, 6.07) is 0. The summed E-state index contributed by atoms with van der Waals surface area (Å²) in [5, 5.41) is 0.765. The van der Waals surface area contributed by atoms with Gasteiger partial charge in [0.2, 0.25) is 0 Å². The van der Waals surface area contributed by atoms with E-state index in [9.17, 15) is 4.79 Å². The molecule has 2 aliphatic rings. The summed E-state index contributed by atoms with van der Waals surface area (Å²) in [7, 11) is 0. The van der Waals surface area contributed by atoms with Gasteiger partial charge in [0.1, 0.15) is 6.10 Å². The Morgan fingerprint density at radius 3 is 2.44 bits per heavy atom. The standard InChI is InChI=1S/C15H23ClO2/c1-10(16)9-12-13(15(12,2)3)14(17)18-11-7-5-4-6-8-11/h9,11-13H,4-8H2,1-3H3/b10-9-/t12-,13+/m1/s1. The smallest absolute Gasteiger partial charge is 0.310 e. The summed E-state index contributed by atoms with van der Waals surface area (Å²) in [5.74, 6) is 0.213. The molecule has 0 spiro atoms. The predicted molar refractivity (Wildman–Crippen MR) is 73.3 cm³/mol. The van der Waals surface area contributed by atoms with Gasteiger partial charge in [0.25, 0.3) is 0 Å². The number of allylic oxidation sites excluding steroid dienone is 2. The maximum Gasteiger partial charge on any atom is 0.310 e. The first kappa shape index (κ1) is 13.9. The van der Waals surface area contributed by atoms with E-state index in [0.29, 0.717) is 0 Å². The minimum atomic E-state index is -0.0222. The molecule has 0 unspecified atom stereocenters. The number of rotatable bonds is 3. The highest BCUT2D eigenvalue weighted by Gasteiger charge is 2.61. The Hall–Kier alpha value is -0.500. The summed E-state index contributed by atoms with van der Waals surface area (Å²) in [4.78, 5) is 12.2. The Morgan fingerprint density at radius 2 is 1.89 bits per heavy atom. The van der Waals surface area contributed by atoms with Crippen LogP contribution in [0.15, 0.2) is 11.1 Å². The number of carbonyl (C=O) groups excluding carboxylic acids is 1. The average molecular weight is 271 g/mol. The number of carbonyl (C=O) groups is 1. The number of ether oxygens (including phenoxy) is 1. The lowest BCUT2D eigenvalue weighted by Gasteiger charge is -2.22. The van der Waals surface area contributed by atoms with E-state index in [1.165, 1.54) is 19.3 Å². The fourth-order valence-corrected chi connectivity index (χ4v) is 3.24. The molecule has 0 saturated heterocycles. The summed E-state index contributed by atoms with van der Waals surface area (Å²) < 4.78 is 5.65. The van der Waals surface area contributed by atoms with Crippen LogP contribution in [0, 0.1) is 17.3 Å². The van der Waals surface area contributed by atoms with Gasteiger partial charge in [-0.3, -0.25) is 4.79 Å². The van der Waals surface area contributed by atoms with Crippen LogP contribution < -0.4 is 0 Å². The highest BCUT2D eigenvalue weighted by Crippen LogP contribution is 2.60. The van der Waals surface area contributed by atoms with Crippen molar-refractivity contribution in [3.63, 3.8) is 0 Å². The molecule has 2 rings (SSSR count). The van der Waals surface area contributed by atoms with E-state index in [4.69, 9.17) is 16.3 Å². The molecule has 0 aromatic heterocycles. The van der Waals surface area contributed by atoms with Crippen molar-refractivity contribution in [3.8, 4) is 0 Å². The fourth-order valence-electron chi connectivity index (χ4n) is 3.11. The Kier molecular flexibility index (Phi) is 4.05. The minimum Gasteiger partial charge on any atom is -0.462 e. The molecule has 3 heteroatoms. The molecule has 2 saturated carbocycles. The maximum atomic E-state index is 12.2. The van der Waals surface area contributed by atoms with Crippen LogP contribution >= 0.6 is 11.6 Å². The highest BCUT2D eigenvalue weighted by molar-refractivity contribution is 6.29. The molecule has 0 bridgehead atoms. The van der Waals surface area contributed by atoms with Gasteiger partial charge >= 0.3 is 5.97 Å². The molecule has 0 aliphatic heterocycles. The number of halogens is 1. The average Bonchev–Trinajstić information content (AvgIpc) is 2.80. The molecule has 0 aromatic carbocycles. The van der Waals surface area contributed by atoms with Crippen molar-refractivity contribution < 1.29 is 9.53 Å². The lowest BCUT2D eigenvalue weighted by molar-refractivity contribution is -0.153. The largest absolute Gasteiger partial charge is 0.462 e. The molecule has 0 heterocycles. The molecule has 102 valence electrons. The van der Waals surface area contributed by atoms with Crippen LogP contribution in [0.4, 0.5) is 0 Å². The monoisotopic (exact) mass is 270 g/mol. The Labute approximate surface area is 115 Å². The molecule has 2 fully saturated rings. The Morgan fingerprint density at radius 1 is 1.28 bits per heavy atom. The summed E-state index contributed by atoms with van der Waals surface area (Å²) in [6.07, 6.45) is 7.88. The lowest BCUT2D eigenvalue weighted by Crippen LogP contribution is -2.23. The maximum absolute atomic E-state index is 12.2. The molecule has 2 nitrogen and oxygen atoms in total. The molecule has 18 heavy (non-hydrogen) atoms. The van der Waals surface area contributed by atoms with Crippen molar-refractivity contribution in [2.45, 2.75) is 59.0 Å². The Balaban J connectivity index is 1.91. The van der Waals surface area contributed by atoms with Crippen molar-refractivity contribution in [2.24, 2.45) is 17.3 Å². The van der Waals surface area contributed by atoms with Gasteiger partial charge in [-0.1, -0.05) is 37.9 Å². The van der Waals surface area contributed by atoms with E-state index < -0.39 is 0 Å². The Bertz CT molecular complexity index is 350. The van der Waals surface area contributed by atoms with Crippen molar-refractivity contribution in [3.05, 3.63) is 11.1 Å². The van der Waals surface area contributed by atoms with Gasteiger partial charge in [0, 0.05) is 5.03 Å². The number of hydrogen-bond acceptors (Lipinski definition) is 2. The third-order valence-corrected chi connectivity index (χ3v) is 4.53. The van der Waals surface area contributed by atoms with Crippen molar-refractivity contribution >= 4 is 17.6 Å². The molecule has 0 N–H and O–H groups in total. The summed E-state index contributed by atoms with van der Waals surface area (Å²) in [6.45, 7) is 6.08. The number of hydrogen-bond donors (Lipinski definition) is 0. The van der Waals surface area contributed by atoms with Crippen LogP contribution in [-0.4, -0.2) is 12.1 Å². The van der Waals surface area contributed by atoms with E-state index >= 15 is 0 Å². The zero-order valence-electron chi connectivity index (χ0n) is 11.5. The summed E-state index contributed by atoms with van der Waals surface area (Å²) in [5.41, 5.74) is 0.00189. The first-order valence-electron chi connectivity index (χ1n) is 6.97. The van der Waals surface area contributed by atoms with Crippen LogP contribution in [0.2, 0.25) is 0 Å². The van der Waals surface area contributed by atoms with Gasteiger partial charge in [-0.2, -0.15) is 0 Å². The SMILES string of the molecule is C/C(Cl)=C/[C@@H]1[C@@H](C(=O)OC2CCCCC2)C1(C)C. The molecule has 0 radical (unpaired) electrons. The van der Waals surface area contributed by atoms with E-state index in [1.807, 2.05) is 13.0 Å².